The first kappa shape index (κ1) is 24.2. The molecule has 0 spiro atoms. The minimum atomic E-state index is -0.0216. The lowest BCUT2D eigenvalue weighted by Crippen LogP contribution is -2.32. The van der Waals surface area contributed by atoms with Crippen molar-refractivity contribution in [3.63, 3.8) is 0 Å². The summed E-state index contributed by atoms with van der Waals surface area (Å²) in [6, 6.07) is 16.2. The Balaban J connectivity index is 1.63. The molecule has 0 saturated heterocycles. The molecule has 3 heterocycles. The van der Waals surface area contributed by atoms with E-state index in [1.54, 1.807) is 23.7 Å². The molecule has 0 radical (unpaired) electrons. The van der Waals surface area contributed by atoms with Crippen molar-refractivity contribution >= 4 is 29.0 Å². The van der Waals surface area contributed by atoms with Crippen LogP contribution < -0.4 is 5.32 Å². The van der Waals surface area contributed by atoms with Crippen LogP contribution in [0.25, 0.3) is 17.1 Å². The molecule has 0 aliphatic heterocycles. The molecule has 1 atom stereocenters. The fourth-order valence-corrected chi connectivity index (χ4v) is 5.53. The summed E-state index contributed by atoms with van der Waals surface area (Å²) >= 11 is 3.06. The van der Waals surface area contributed by atoms with Gasteiger partial charge in [-0.3, -0.25) is 14.3 Å². The highest BCUT2D eigenvalue weighted by Crippen LogP contribution is 2.32. The lowest BCUT2D eigenvalue weighted by Gasteiger charge is -2.21. The van der Waals surface area contributed by atoms with E-state index >= 15 is 0 Å². The van der Waals surface area contributed by atoms with Gasteiger partial charge in [0.25, 0.3) is 0 Å². The molecule has 0 aliphatic carbocycles. The third-order valence-corrected chi connectivity index (χ3v) is 7.40. The zero-order valence-electron chi connectivity index (χ0n) is 19.8. The van der Waals surface area contributed by atoms with Crippen LogP contribution in [0.1, 0.15) is 50.1 Å². The Kier molecular flexibility index (Phi) is 7.80. The Labute approximate surface area is 208 Å². The zero-order chi connectivity index (χ0) is 24.1. The second-order valence-corrected chi connectivity index (χ2v) is 10.6. The number of rotatable bonds is 9. The van der Waals surface area contributed by atoms with E-state index in [2.05, 4.69) is 66.4 Å². The van der Waals surface area contributed by atoms with Gasteiger partial charge in [-0.2, -0.15) is 0 Å². The number of nitrogens with zero attached hydrogens (tertiary/aromatic N) is 4. The fourth-order valence-electron chi connectivity index (χ4n) is 3.82. The number of carbonyl (C=O) groups is 1. The van der Waals surface area contributed by atoms with Gasteiger partial charge in [-0.05, 0) is 47.0 Å². The average Bonchev–Trinajstić information content (AvgIpc) is 3.52. The lowest BCUT2D eigenvalue weighted by atomic mass is 10.0. The van der Waals surface area contributed by atoms with E-state index in [0.717, 1.165) is 11.3 Å². The molecular formula is C26H29N5OS2. The summed E-state index contributed by atoms with van der Waals surface area (Å²) in [5.74, 6) is 1.56. The SMILES string of the molecule is CC(C)c1ccccc1-n1c(SCC(=O)NC(c2cccs2)C(C)C)nnc1-c1cccnc1. The number of pyridine rings is 1. The molecule has 1 aromatic carbocycles. The zero-order valence-corrected chi connectivity index (χ0v) is 21.4. The molecule has 176 valence electrons. The van der Waals surface area contributed by atoms with Crippen LogP contribution in [-0.4, -0.2) is 31.4 Å². The van der Waals surface area contributed by atoms with Crippen molar-refractivity contribution in [1.82, 2.24) is 25.1 Å². The maximum atomic E-state index is 12.9. The standard InChI is InChI=1S/C26H29N5OS2/c1-17(2)20-10-5-6-11-21(20)31-25(19-9-7-13-27-15-19)29-30-26(31)34-16-23(32)28-24(18(3)4)22-12-8-14-33-22/h5-15,17-18,24H,16H2,1-4H3,(H,28,32). The number of para-hydroxylation sites is 1. The molecule has 34 heavy (non-hydrogen) atoms. The predicted octanol–water partition coefficient (Wildman–Crippen LogP) is 6.12. The van der Waals surface area contributed by atoms with Crippen molar-refractivity contribution in [2.75, 3.05) is 5.75 Å². The summed E-state index contributed by atoms with van der Waals surface area (Å²) in [7, 11) is 0. The van der Waals surface area contributed by atoms with Gasteiger partial charge in [-0.1, -0.05) is 63.7 Å². The van der Waals surface area contributed by atoms with Gasteiger partial charge in [-0.15, -0.1) is 21.5 Å². The quantitative estimate of drug-likeness (QED) is 0.286. The van der Waals surface area contributed by atoms with E-state index in [4.69, 9.17) is 0 Å². The van der Waals surface area contributed by atoms with Crippen molar-refractivity contribution in [2.24, 2.45) is 5.92 Å². The van der Waals surface area contributed by atoms with Crippen molar-refractivity contribution in [3.8, 4) is 17.1 Å². The van der Waals surface area contributed by atoms with Crippen molar-refractivity contribution in [2.45, 2.75) is 44.8 Å². The Morgan fingerprint density at radius 3 is 2.56 bits per heavy atom. The van der Waals surface area contributed by atoms with Crippen LogP contribution in [0.15, 0.2) is 71.5 Å². The molecule has 1 unspecified atom stereocenters. The van der Waals surface area contributed by atoms with Crippen molar-refractivity contribution in [3.05, 3.63) is 76.7 Å². The van der Waals surface area contributed by atoms with E-state index in [9.17, 15) is 4.79 Å². The normalized spacial score (nSPS) is 12.3. The van der Waals surface area contributed by atoms with E-state index in [-0.39, 0.29) is 17.7 Å². The van der Waals surface area contributed by atoms with Crippen LogP contribution in [-0.2, 0) is 4.79 Å². The third kappa shape index (κ3) is 5.39. The first-order valence-electron chi connectivity index (χ1n) is 11.4. The van der Waals surface area contributed by atoms with Crippen LogP contribution in [0.4, 0.5) is 0 Å². The molecule has 0 saturated carbocycles. The summed E-state index contributed by atoms with van der Waals surface area (Å²) in [6.07, 6.45) is 3.53. The number of aromatic nitrogens is 4. The summed E-state index contributed by atoms with van der Waals surface area (Å²) in [5, 5.41) is 14.9. The number of hydrogen-bond acceptors (Lipinski definition) is 6. The first-order chi connectivity index (χ1) is 16.5. The number of hydrogen-bond donors (Lipinski definition) is 1. The number of carbonyl (C=O) groups excluding carboxylic acids is 1. The second-order valence-electron chi connectivity index (χ2n) is 8.69. The maximum Gasteiger partial charge on any atom is 0.230 e. The highest BCUT2D eigenvalue weighted by Gasteiger charge is 2.22. The Hall–Kier alpha value is -2.97. The molecule has 6 nitrogen and oxygen atoms in total. The molecular weight excluding hydrogens is 462 g/mol. The van der Waals surface area contributed by atoms with E-state index in [0.29, 0.717) is 22.8 Å². The van der Waals surface area contributed by atoms with Crippen molar-refractivity contribution < 1.29 is 4.79 Å². The Morgan fingerprint density at radius 2 is 1.88 bits per heavy atom. The summed E-state index contributed by atoms with van der Waals surface area (Å²) in [5.41, 5.74) is 3.08. The average molecular weight is 492 g/mol. The van der Waals surface area contributed by atoms with Gasteiger partial charge in [0.05, 0.1) is 17.5 Å². The Morgan fingerprint density at radius 1 is 1.06 bits per heavy atom. The molecule has 1 N–H and O–H groups in total. The van der Waals surface area contributed by atoms with Crippen LogP contribution in [0.5, 0.6) is 0 Å². The van der Waals surface area contributed by atoms with Crippen molar-refractivity contribution in [1.29, 1.82) is 0 Å². The van der Waals surface area contributed by atoms with E-state index < -0.39 is 0 Å². The fraction of sp³-hybridized carbons (Fsp3) is 0.308. The maximum absolute atomic E-state index is 12.9. The van der Waals surface area contributed by atoms with E-state index in [1.807, 2.05) is 40.3 Å². The predicted molar refractivity (Wildman–Crippen MR) is 139 cm³/mol. The summed E-state index contributed by atoms with van der Waals surface area (Å²) in [4.78, 5) is 18.4. The highest BCUT2D eigenvalue weighted by molar-refractivity contribution is 7.99. The minimum Gasteiger partial charge on any atom is -0.347 e. The minimum absolute atomic E-state index is 0.00130. The second kappa shape index (κ2) is 11.0. The lowest BCUT2D eigenvalue weighted by molar-refractivity contribution is -0.119. The topological polar surface area (TPSA) is 72.7 Å². The molecule has 0 aliphatic rings. The van der Waals surface area contributed by atoms with Gasteiger partial charge in [0.2, 0.25) is 5.91 Å². The molecule has 0 bridgehead atoms. The van der Waals surface area contributed by atoms with Gasteiger partial charge in [0.15, 0.2) is 11.0 Å². The van der Waals surface area contributed by atoms with Crippen LogP contribution in [0.2, 0.25) is 0 Å². The van der Waals surface area contributed by atoms with Gasteiger partial charge < -0.3 is 5.32 Å². The van der Waals surface area contributed by atoms with Gasteiger partial charge >= 0.3 is 0 Å². The number of thiophene rings is 1. The molecule has 1 amide bonds. The largest absolute Gasteiger partial charge is 0.347 e. The monoisotopic (exact) mass is 491 g/mol. The first-order valence-corrected chi connectivity index (χ1v) is 13.2. The smallest absolute Gasteiger partial charge is 0.230 e. The number of amides is 1. The van der Waals surface area contributed by atoms with Crippen LogP contribution in [0, 0.1) is 5.92 Å². The number of nitrogens with one attached hydrogen (secondary N) is 1. The van der Waals surface area contributed by atoms with Crippen LogP contribution in [0.3, 0.4) is 0 Å². The molecule has 8 heteroatoms. The number of thioether (sulfide) groups is 1. The van der Waals surface area contributed by atoms with Gasteiger partial charge in [0, 0.05) is 22.8 Å². The molecule has 4 aromatic rings. The number of benzene rings is 1. The third-order valence-electron chi connectivity index (χ3n) is 5.52. The summed E-state index contributed by atoms with van der Waals surface area (Å²) < 4.78 is 2.05. The van der Waals surface area contributed by atoms with Crippen LogP contribution >= 0.6 is 23.1 Å². The Bertz CT molecular complexity index is 1220. The molecule has 0 fully saturated rings. The summed E-state index contributed by atoms with van der Waals surface area (Å²) in [6.45, 7) is 8.59. The molecule has 3 aromatic heterocycles. The molecule has 4 rings (SSSR count). The van der Waals surface area contributed by atoms with E-state index in [1.165, 1.54) is 22.2 Å². The highest BCUT2D eigenvalue weighted by atomic mass is 32.2. The van der Waals surface area contributed by atoms with Gasteiger partial charge in [-0.25, -0.2) is 0 Å². The van der Waals surface area contributed by atoms with Gasteiger partial charge in [0.1, 0.15) is 0 Å².